The molecule has 31 heavy (non-hydrogen) atoms. The molecule has 1 amide bonds. The van der Waals surface area contributed by atoms with Gasteiger partial charge >= 0.3 is 0 Å². The molecule has 2 aromatic carbocycles. The van der Waals surface area contributed by atoms with Crippen molar-refractivity contribution < 1.29 is 14.3 Å². The van der Waals surface area contributed by atoms with Gasteiger partial charge in [-0.25, -0.2) is 0 Å². The molecule has 0 saturated carbocycles. The topological polar surface area (TPSA) is 42.0 Å². The molecule has 1 fully saturated rings. The fraction of sp³-hybridized carbons (Fsp3) is 0.500. The maximum atomic E-state index is 13.2. The van der Waals surface area contributed by atoms with Crippen LogP contribution < -0.4 is 9.47 Å². The second-order valence-electron chi connectivity index (χ2n) is 8.86. The number of benzene rings is 2. The fourth-order valence-electron chi connectivity index (χ4n) is 4.31. The highest BCUT2D eigenvalue weighted by Gasteiger charge is 2.25. The number of carbonyl (C=O) groups excluding carboxylic acids is 1. The first-order valence-corrected chi connectivity index (χ1v) is 11.3. The lowest BCUT2D eigenvalue weighted by atomic mass is 9.95. The zero-order chi connectivity index (χ0) is 22.2. The largest absolute Gasteiger partial charge is 0.497 e. The van der Waals surface area contributed by atoms with Crippen LogP contribution in [0.4, 0.5) is 0 Å². The third-order valence-corrected chi connectivity index (χ3v) is 5.98. The molecule has 0 spiro atoms. The van der Waals surface area contributed by atoms with Gasteiger partial charge in [-0.2, -0.15) is 0 Å². The Morgan fingerprint density at radius 2 is 1.71 bits per heavy atom. The van der Waals surface area contributed by atoms with E-state index in [-0.39, 0.29) is 5.91 Å². The predicted octanol–water partition coefficient (Wildman–Crippen LogP) is 4.71. The number of carbonyl (C=O) groups is 1. The van der Waals surface area contributed by atoms with Crippen LogP contribution in [-0.4, -0.2) is 56.1 Å². The molecule has 1 aliphatic heterocycles. The van der Waals surface area contributed by atoms with Crippen molar-refractivity contribution in [2.24, 2.45) is 11.8 Å². The molecule has 0 aliphatic carbocycles. The third kappa shape index (κ3) is 6.47. The first-order valence-electron chi connectivity index (χ1n) is 11.3. The zero-order valence-electron chi connectivity index (χ0n) is 19.3. The molecule has 5 heteroatoms. The highest BCUT2D eigenvalue weighted by molar-refractivity contribution is 5.94. The van der Waals surface area contributed by atoms with E-state index in [4.69, 9.17) is 9.47 Å². The summed E-state index contributed by atoms with van der Waals surface area (Å²) >= 11 is 0. The minimum absolute atomic E-state index is 0.118. The van der Waals surface area contributed by atoms with Crippen molar-refractivity contribution >= 4 is 5.91 Å². The Balaban J connectivity index is 1.58. The SMILES string of the molecule is COc1ccc(C(=O)N(CC(C)C)CC2CCN(Cc3ccccc3OC)CC2)cc1. The van der Waals surface area contributed by atoms with Crippen molar-refractivity contribution in [3.05, 3.63) is 59.7 Å². The van der Waals surface area contributed by atoms with Gasteiger partial charge in [0.1, 0.15) is 11.5 Å². The molecule has 1 saturated heterocycles. The van der Waals surface area contributed by atoms with Crippen LogP contribution >= 0.6 is 0 Å². The summed E-state index contributed by atoms with van der Waals surface area (Å²) in [7, 11) is 3.37. The first-order chi connectivity index (χ1) is 15.0. The van der Waals surface area contributed by atoms with Crippen LogP contribution in [0.2, 0.25) is 0 Å². The molecule has 0 bridgehead atoms. The Morgan fingerprint density at radius 3 is 2.32 bits per heavy atom. The predicted molar refractivity (Wildman–Crippen MR) is 125 cm³/mol. The van der Waals surface area contributed by atoms with Gasteiger partial charge in [0.2, 0.25) is 0 Å². The summed E-state index contributed by atoms with van der Waals surface area (Å²) in [6, 6.07) is 15.7. The highest BCUT2D eigenvalue weighted by Crippen LogP contribution is 2.25. The fourth-order valence-corrected chi connectivity index (χ4v) is 4.31. The lowest BCUT2D eigenvalue weighted by Crippen LogP contribution is -2.42. The molecule has 0 atom stereocenters. The second kappa shape index (κ2) is 11.2. The minimum atomic E-state index is 0.118. The number of hydrogen-bond donors (Lipinski definition) is 0. The number of ether oxygens (including phenoxy) is 2. The molecule has 0 aromatic heterocycles. The van der Waals surface area contributed by atoms with Crippen LogP contribution in [0.3, 0.4) is 0 Å². The second-order valence-corrected chi connectivity index (χ2v) is 8.86. The van der Waals surface area contributed by atoms with E-state index in [0.29, 0.717) is 11.8 Å². The van der Waals surface area contributed by atoms with Gasteiger partial charge in [-0.15, -0.1) is 0 Å². The highest BCUT2D eigenvalue weighted by atomic mass is 16.5. The van der Waals surface area contributed by atoms with Crippen molar-refractivity contribution in [2.45, 2.75) is 33.2 Å². The normalized spacial score (nSPS) is 15.1. The molecule has 168 valence electrons. The van der Waals surface area contributed by atoms with Crippen molar-refractivity contribution in [3.63, 3.8) is 0 Å². The van der Waals surface area contributed by atoms with Crippen LogP contribution in [0, 0.1) is 11.8 Å². The van der Waals surface area contributed by atoms with Crippen molar-refractivity contribution in [3.8, 4) is 11.5 Å². The summed E-state index contributed by atoms with van der Waals surface area (Å²) in [5, 5.41) is 0. The molecule has 2 aromatic rings. The maximum absolute atomic E-state index is 13.2. The Kier molecular flexibility index (Phi) is 8.35. The standard InChI is InChI=1S/C26H36N2O3/c1-20(2)17-28(26(29)22-9-11-24(30-3)12-10-22)18-21-13-15-27(16-14-21)19-23-7-5-6-8-25(23)31-4/h5-12,20-21H,13-19H2,1-4H3. The van der Waals surface area contributed by atoms with Gasteiger partial charge < -0.3 is 14.4 Å². The summed E-state index contributed by atoms with van der Waals surface area (Å²) < 4.78 is 10.7. The van der Waals surface area contributed by atoms with Gasteiger partial charge in [-0.3, -0.25) is 9.69 Å². The Labute approximate surface area is 187 Å². The van der Waals surface area contributed by atoms with Crippen LogP contribution in [-0.2, 0) is 6.54 Å². The number of rotatable bonds is 9. The van der Waals surface area contributed by atoms with Crippen molar-refractivity contribution in [1.82, 2.24) is 9.80 Å². The number of methoxy groups -OCH3 is 2. The van der Waals surface area contributed by atoms with E-state index >= 15 is 0 Å². The molecular weight excluding hydrogens is 388 g/mol. The zero-order valence-corrected chi connectivity index (χ0v) is 19.3. The van der Waals surface area contributed by atoms with Gasteiger partial charge in [0.05, 0.1) is 14.2 Å². The van der Waals surface area contributed by atoms with E-state index in [1.54, 1.807) is 14.2 Å². The molecule has 5 nitrogen and oxygen atoms in total. The summed E-state index contributed by atoms with van der Waals surface area (Å²) in [6.07, 6.45) is 2.22. The number of likely N-dealkylation sites (tertiary alicyclic amines) is 1. The number of nitrogens with zero attached hydrogens (tertiary/aromatic N) is 2. The van der Waals surface area contributed by atoms with E-state index in [1.165, 1.54) is 5.56 Å². The van der Waals surface area contributed by atoms with Crippen LogP contribution in [0.5, 0.6) is 11.5 Å². The average molecular weight is 425 g/mol. The van der Waals surface area contributed by atoms with Crippen molar-refractivity contribution in [2.75, 3.05) is 40.4 Å². The number of para-hydroxylation sites is 1. The molecule has 1 aliphatic rings. The molecule has 0 radical (unpaired) electrons. The van der Waals surface area contributed by atoms with Crippen molar-refractivity contribution in [1.29, 1.82) is 0 Å². The summed E-state index contributed by atoms with van der Waals surface area (Å²) in [5.74, 6) is 2.82. The van der Waals surface area contributed by atoms with Gasteiger partial charge in [-0.1, -0.05) is 32.0 Å². The van der Waals surface area contributed by atoms with E-state index in [2.05, 4.69) is 30.9 Å². The molecule has 3 rings (SSSR count). The molecule has 1 heterocycles. The number of hydrogen-bond acceptors (Lipinski definition) is 4. The van der Waals surface area contributed by atoms with E-state index in [1.807, 2.05) is 41.3 Å². The average Bonchev–Trinajstić information content (AvgIpc) is 2.79. The lowest BCUT2D eigenvalue weighted by molar-refractivity contribution is 0.0663. The van der Waals surface area contributed by atoms with E-state index in [9.17, 15) is 4.79 Å². The molecule has 0 unspecified atom stereocenters. The summed E-state index contributed by atoms with van der Waals surface area (Å²) in [6.45, 7) is 8.97. The van der Waals surface area contributed by atoms with Crippen LogP contribution in [0.25, 0.3) is 0 Å². The third-order valence-electron chi connectivity index (χ3n) is 5.98. The maximum Gasteiger partial charge on any atom is 0.253 e. The Morgan fingerprint density at radius 1 is 1.03 bits per heavy atom. The number of piperidine rings is 1. The Hall–Kier alpha value is -2.53. The lowest BCUT2D eigenvalue weighted by Gasteiger charge is -2.35. The summed E-state index contributed by atoms with van der Waals surface area (Å²) in [5.41, 5.74) is 1.97. The number of amides is 1. The summed E-state index contributed by atoms with van der Waals surface area (Å²) in [4.78, 5) is 17.7. The first kappa shape index (κ1) is 23.1. The molecular formula is C26H36N2O3. The smallest absolute Gasteiger partial charge is 0.253 e. The van der Waals surface area contributed by atoms with Gasteiger partial charge in [0.25, 0.3) is 5.91 Å². The minimum Gasteiger partial charge on any atom is -0.497 e. The quantitative estimate of drug-likeness (QED) is 0.584. The van der Waals surface area contributed by atoms with Crippen LogP contribution in [0.15, 0.2) is 48.5 Å². The van der Waals surface area contributed by atoms with Gasteiger partial charge in [0.15, 0.2) is 0 Å². The monoisotopic (exact) mass is 424 g/mol. The van der Waals surface area contributed by atoms with E-state index < -0.39 is 0 Å². The molecule has 0 N–H and O–H groups in total. The van der Waals surface area contributed by atoms with Crippen LogP contribution in [0.1, 0.15) is 42.6 Å². The van der Waals surface area contributed by atoms with Gasteiger partial charge in [0, 0.05) is 30.8 Å². The Bertz CT molecular complexity index is 827. The van der Waals surface area contributed by atoms with E-state index in [0.717, 1.165) is 62.6 Å². The van der Waals surface area contributed by atoms with Gasteiger partial charge in [-0.05, 0) is 68.1 Å².